The third-order valence-corrected chi connectivity index (χ3v) is 2.57. The zero-order chi connectivity index (χ0) is 8.27. The van der Waals surface area contributed by atoms with E-state index in [9.17, 15) is 0 Å². The van der Waals surface area contributed by atoms with Gasteiger partial charge in [-0.15, -0.1) is 0 Å². The van der Waals surface area contributed by atoms with Crippen molar-refractivity contribution in [2.45, 2.75) is 6.92 Å². The largest absolute Gasteiger partial charge is 0.396 e. The van der Waals surface area contributed by atoms with Gasteiger partial charge in [0.2, 0.25) is 0 Å². The zero-order valence-electron chi connectivity index (χ0n) is 7.03. The summed E-state index contributed by atoms with van der Waals surface area (Å²) < 4.78 is 0. The number of aliphatic hydroxyl groups is 2. The van der Waals surface area contributed by atoms with E-state index >= 15 is 0 Å². The van der Waals surface area contributed by atoms with E-state index in [1.54, 1.807) is 0 Å². The average Bonchev–Trinajstić information content (AvgIpc) is 2.46. The first-order valence-corrected chi connectivity index (χ1v) is 4.25. The molecular weight excluding hydrogens is 142 g/mol. The predicted octanol–water partition coefficient (Wildman–Crippen LogP) is -0.461. The van der Waals surface area contributed by atoms with Crippen molar-refractivity contribution in [2.24, 2.45) is 11.8 Å². The molecule has 1 aliphatic heterocycles. The van der Waals surface area contributed by atoms with Gasteiger partial charge in [0.05, 0.1) is 0 Å². The van der Waals surface area contributed by atoms with Crippen molar-refractivity contribution in [3.05, 3.63) is 0 Å². The average molecular weight is 159 g/mol. The summed E-state index contributed by atoms with van der Waals surface area (Å²) in [5.41, 5.74) is 0. The molecule has 0 saturated carbocycles. The predicted molar refractivity (Wildman–Crippen MR) is 43.3 cm³/mol. The third-order valence-electron chi connectivity index (χ3n) is 2.57. The second-order valence-corrected chi connectivity index (χ2v) is 3.24. The fraction of sp³-hybridized carbons (Fsp3) is 1.00. The molecule has 11 heavy (non-hydrogen) atoms. The van der Waals surface area contributed by atoms with Gasteiger partial charge in [-0.25, -0.2) is 0 Å². The Morgan fingerprint density at radius 3 is 1.91 bits per heavy atom. The van der Waals surface area contributed by atoms with E-state index in [0.29, 0.717) is 11.8 Å². The molecule has 0 aromatic rings. The van der Waals surface area contributed by atoms with Crippen LogP contribution in [-0.4, -0.2) is 48.0 Å². The van der Waals surface area contributed by atoms with E-state index in [-0.39, 0.29) is 13.2 Å². The lowest BCUT2D eigenvalue weighted by Crippen LogP contribution is -2.20. The first-order chi connectivity index (χ1) is 5.31. The molecule has 0 aromatic carbocycles. The molecule has 0 radical (unpaired) electrons. The summed E-state index contributed by atoms with van der Waals surface area (Å²) in [6.45, 7) is 5.43. The maximum absolute atomic E-state index is 8.94. The summed E-state index contributed by atoms with van der Waals surface area (Å²) in [6.07, 6.45) is 0. The molecule has 0 spiro atoms. The molecule has 0 aromatic heterocycles. The van der Waals surface area contributed by atoms with Crippen molar-refractivity contribution in [1.29, 1.82) is 0 Å². The van der Waals surface area contributed by atoms with Crippen LogP contribution >= 0.6 is 0 Å². The fourth-order valence-corrected chi connectivity index (χ4v) is 1.71. The molecule has 3 heteroatoms. The quantitative estimate of drug-likeness (QED) is 0.585. The Bertz CT molecular complexity index is 107. The summed E-state index contributed by atoms with van der Waals surface area (Å²) in [4.78, 5) is 2.27. The van der Waals surface area contributed by atoms with Gasteiger partial charge in [0.15, 0.2) is 0 Å². The van der Waals surface area contributed by atoms with Crippen LogP contribution in [-0.2, 0) is 0 Å². The Balaban J connectivity index is 2.41. The van der Waals surface area contributed by atoms with Crippen LogP contribution in [0.3, 0.4) is 0 Å². The third kappa shape index (κ3) is 1.92. The van der Waals surface area contributed by atoms with Crippen LogP contribution < -0.4 is 0 Å². The van der Waals surface area contributed by atoms with Crippen molar-refractivity contribution in [2.75, 3.05) is 32.8 Å². The maximum Gasteiger partial charge on any atom is 0.0475 e. The van der Waals surface area contributed by atoms with Crippen LogP contribution in [0.15, 0.2) is 0 Å². The van der Waals surface area contributed by atoms with Gasteiger partial charge in [0.1, 0.15) is 0 Å². The Morgan fingerprint density at radius 2 is 1.64 bits per heavy atom. The minimum Gasteiger partial charge on any atom is -0.396 e. The summed E-state index contributed by atoms with van der Waals surface area (Å²) in [7, 11) is 0. The highest BCUT2D eigenvalue weighted by molar-refractivity contribution is 4.82. The molecule has 1 heterocycles. The monoisotopic (exact) mass is 159 g/mol. The van der Waals surface area contributed by atoms with Gasteiger partial charge >= 0.3 is 0 Å². The van der Waals surface area contributed by atoms with Gasteiger partial charge in [-0.1, -0.05) is 6.92 Å². The smallest absolute Gasteiger partial charge is 0.0475 e. The van der Waals surface area contributed by atoms with E-state index in [1.165, 1.54) is 0 Å². The van der Waals surface area contributed by atoms with Crippen LogP contribution in [0.5, 0.6) is 0 Å². The molecule has 0 amide bonds. The second kappa shape index (κ2) is 4.04. The van der Waals surface area contributed by atoms with Crippen LogP contribution in [0.25, 0.3) is 0 Å². The van der Waals surface area contributed by atoms with E-state index in [0.717, 1.165) is 19.6 Å². The molecule has 2 N–H and O–H groups in total. The maximum atomic E-state index is 8.94. The van der Waals surface area contributed by atoms with Crippen molar-refractivity contribution in [3.8, 4) is 0 Å². The molecule has 1 rings (SSSR count). The van der Waals surface area contributed by atoms with Crippen LogP contribution in [0.2, 0.25) is 0 Å². The van der Waals surface area contributed by atoms with Crippen LogP contribution in [0, 0.1) is 11.8 Å². The summed E-state index contributed by atoms with van der Waals surface area (Å²) >= 11 is 0. The molecule has 0 bridgehead atoms. The number of rotatable bonds is 3. The SMILES string of the molecule is CCN1CC(CO)C(CO)C1. The Kier molecular flexibility index (Phi) is 3.30. The lowest BCUT2D eigenvalue weighted by atomic mass is 9.98. The van der Waals surface area contributed by atoms with Gasteiger partial charge in [0, 0.05) is 38.1 Å². The van der Waals surface area contributed by atoms with Gasteiger partial charge in [-0.05, 0) is 6.54 Å². The van der Waals surface area contributed by atoms with Crippen molar-refractivity contribution >= 4 is 0 Å². The molecule has 1 fully saturated rings. The first kappa shape index (κ1) is 8.97. The highest BCUT2D eigenvalue weighted by Gasteiger charge is 2.30. The molecular formula is C8H17NO2. The molecule has 0 aliphatic carbocycles. The Hall–Kier alpha value is -0.120. The molecule has 1 aliphatic rings. The van der Waals surface area contributed by atoms with Crippen molar-refractivity contribution < 1.29 is 10.2 Å². The van der Waals surface area contributed by atoms with E-state index in [4.69, 9.17) is 10.2 Å². The van der Waals surface area contributed by atoms with Crippen LogP contribution in [0.4, 0.5) is 0 Å². The number of hydrogen-bond donors (Lipinski definition) is 2. The molecule has 1 saturated heterocycles. The van der Waals surface area contributed by atoms with E-state index < -0.39 is 0 Å². The molecule has 2 unspecified atom stereocenters. The first-order valence-electron chi connectivity index (χ1n) is 4.25. The topological polar surface area (TPSA) is 43.7 Å². The van der Waals surface area contributed by atoms with Gasteiger partial charge < -0.3 is 15.1 Å². The lowest BCUT2D eigenvalue weighted by Gasteiger charge is -2.11. The van der Waals surface area contributed by atoms with Crippen molar-refractivity contribution in [3.63, 3.8) is 0 Å². The molecule has 3 nitrogen and oxygen atoms in total. The Morgan fingerprint density at radius 1 is 1.18 bits per heavy atom. The second-order valence-electron chi connectivity index (χ2n) is 3.24. The number of hydrogen-bond acceptors (Lipinski definition) is 3. The standard InChI is InChI=1S/C8H17NO2/c1-2-9-3-7(5-10)8(4-9)6-11/h7-8,10-11H,2-6H2,1H3. The highest BCUT2D eigenvalue weighted by Crippen LogP contribution is 2.21. The number of likely N-dealkylation sites (tertiary alicyclic amines) is 1. The summed E-state index contributed by atoms with van der Waals surface area (Å²) in [6, 6.07) is 0. The van der Waals surface area contributed by atoms with Crippen LogP contribution in [0.1, 0.15) is 6.92 Å². The van der Waals surface area contributed by atoms with Crippen molar-refractivity contribution in [1.82, 2.24) is 4.90 Å². The fourth-order valence-electron chi connectivity index (χ4n) is 1.71. The van der Waals surface area contributed by atoms with Gasteiger partial charge in [0.25, 0.3) is 0 Å². The van der Waals surface area contributed by atoms with E-state index in [2.05, 4.69) is 11.8 Å². The molecule has 2 atom stereocenters. The van der Waals surface area contributed by atoms with E-state index in [1.807, 2.05) is 0 Å². The molecule has 66 valence electrons. The highest BCUT2D eigenvalue weighted by atomic mass is 16.3. The normalized spacial score (nSPS) is 33.0. The summed E-state index contributed by atoms with van der Waals surface area (Å²) in [5.74, 6) is 0.583. The Labute approximate surface area is 67.6 Å². The van der Waals surface area contributed by atoms with Gasteiger partial charge in [-0.3, -0.25) is 0 Å². The number of nitrogens with zero attached hydrogens (tertiary/aromatic N) is 1. The zero-order valence-corrected chi connectivity index (χ0v) is 7.03. The summed E-state index contributed by atoms with van der Waals surface area (Å²) in [5, 5.41) is 17.9. The minimum absolute atomic E-state index is 0.210. The van der Waals surface area contributed by atoms with Gasteiger partial charge in [-0.2, -0.15) is 0 Å². The lowest BCUT2D eigenvalue weighted by molar-refractivity contribution is 0.152. The number of aliphatic hydroxyl groups excluding tert-OH is 2. The minimum atomic E-state index is 0.210.